The number of anilines is 1. The summed E-state index contributed by atoms with van der Waals surface area (Å²) >= 11 is 0. The molecule has 0 radical (unpaired) electrons. The van der Waals surface area contributed by atoms with Crippen LogP contribution >= 0.6 is 0 Å². The van der Waals surface area contributed by atoms with Crippen molar-refractivity contribution in [3.63, 3.8) is 0 Å². The molecular formula is C9H10N4O2S. The van der Waals surface area contributed by atoms with E-state index in [1.807, 2.05) is 0 Å². The normalized spacial score (nSPS) is 11.3. The molecule has 6 nitrogen and oxygen atoms in total. The first-order valence-electron chi connectivity index (χ1n) is 4.52. The summed E-state index contributed by atoms with van der Waals surface area (Å²) in [5, 5.41) is 6.08. The Morgan fingerprint density at radius 3 is 2.62 bits per heavy atom. The molecular weight excluding hydrogens is 228 g/mol. The topological polar surface area (TPSA) is 79.0 Å². The van der Waals surface area contributed by atoms with Crippen LogP contribution in [0.4, 0.5) is 5.82 Å². The largest absolute Gasteiger partial charge is 0.282 e. The molecule has 0 atom stereocenters. The minimum absolute atomic E-state index is 0.0423. The van der Waals surface area contributed by atoms with Crippen LogP contribution in [0.15, 0.2) is 41.7 Å². The molecule has 2 heterocycles. The van der Waals surface area contributed by atoms with Crippen molar-refractivity contribution >= 4 is 15.8 Å². The van der Waals surface area contributed by atoms with Crippen molar-refractivity contribution in [2.24, 2.45) is 0 Å². The molecule has 0 aliphatic carbocycles. The molecule has 0 amide bonds. The lowest BCUT2D eigenvalue weighted by Gasteiger charge is -2.16. The molecule has 2 aromatic heterocycles. The Kier molecular flexibility index (Phi) is 2.61. The van der Waals surface area contributed by atoms with Crippen molar-refractivity contribution in [1.29, 1.82) is 0 Å². The fourth-order valence-electron chi connectivity index (χ4n) is 1.20. The van der Waals surface area contributed by atoms with Crippen molar-refractivity contribution < 1.29 is 8.42 Å². The van der Waals surface area contributed by atoms with Gasteiger partial charge in [-0.05, 0) is 18.2 Å². The fourth-order valence-corrected chi connectivity index (χ4v) is 2.25. The minimum atomic E-state index is -3.60. The number of nitrogens with zero attached hydrogens (tertiary/aromatic N) is 3. The molecule has 0 aliphatic rings. The molecule has 0 saturated heterocycles. The van der Waals surface area contributed by atoms with Crippen LogP contribution in [0.5, 0.6) is 0 Å². The van der Waals surface area contributed by atoms with Gasteiger partial charge in [0.25, 0.3) is 10.0 Å². The predicted octanol–water partition coefficient (Wildman–Crippen LogP) is 0.630. The second-order valence-corrected chi connectivity index (χ2v) is 5.02. The lowest BCUT2D eigenvalue weighted by molar-refractivity contribution is 0.589. The number of rotatable bonds is 3. The van der Waals surface area contributed by atoms with E-state index < -0.39 is 10.0 Å². The van der Waals surface area contributed by atoms with Crippen molar-refractivity contribution in [3.8, 4) is 0 Å². The predicted molar refractivity (Wildman–Crippen MR) is 58.4 cm³/mol. The molecule has 0 bridgehead atoms. The molecule has 7 heteroatoms. The highest BCUT2D eigenvalue weighted by atomic mass is 32.2. The lowest BCUT2D eigenvalue weighted by atomic mass is 10.5. The van der Waals surface area contributed by atoms with Gasteiger partial charge in [0.1, 0.15) is 5.82 Å². The molecule has 0 aliphatic heterocycles. The monoisotopic (exact) mass is 238 g/mol. The van der Waals surface area contributed by atoms with Crippen LogP contribution in [0, 0.1) is 0 Å². The third kappa shape index (κ3) is 1.76. The van der Waals surface area contributed by atoms with E-state index in [2.05, 4.69) is 15.2 Å². The van der Waals surface area contributed by atoms with Crippen LogP contribution < -0.4 is 4.31 Å². The van der Waals surface area contributed by atoms with Crippen LogP contribution in [0.2, 0.25) is 0 Å². The summed E-state index contributed by atoms with van der Waals surface area (Å²) in [6.45, 7) is 0. The summed E-state index contributed by atoms with van der Waals surface area (Å²) < 4.78 is 25.1. The molecule has 0 fully saturated rings. The van der Waals surface area contributed by atoms with Crippen LogP contribution in [0.25, 0.3) is 0 Å². The van der Waals surface area contributed by atoms with E-state index in [9.17, 15) is 8.42 Å². The Morgan fingerprint density at radius 1 is 1.25 bits per heavy atom. The van der Waals surface area contributed by atoms with E-state index in [1.54, 1.807) is 18.2 Å². The van der Waals surface area contributed by atoms with Gasteiger partial charge in [-0.1, -0.05) is 6.07 Å². The summed E-state index contributed by atoms with van der Waals surface area (Å²) in [5.74, 6) is 0.358. The highest BCUT2D eigenvalue weighted by Gasteiger charge is 2.22. The molecule has 16 heavy (non-hydrogen) atoms. The summed E-state index contributed by atoms with van der Waals surface area (Å²) in [7, 11) is -2.15. The number of pyridine rings is 1. The third-order valence-corrected chi connectivity index (χ3v) is 3.78. The summed E-state index contributed by atoms with van der Waals surface area (Å²) in [5.41, 5.74) is 0. The average Bonchev–Trinajstić information content (AvgIpc) is 2.83. The van der Waals surface area contributed by atoms with Gasteiger partial charge in [0, 0.05) is 13.2 Å². The second kappa shape index (κ2) is 3.93. The van der Waals surface area contributed by atoms with Crippen LogP contribution in [0.3, 0.4) is 0 Å². The van der Waals surface area contributed by atoms with Gasteiger partial charge in [-0.3, -0.25) is 9.40 Å². The van der Waals surface area contributed by atoms with Gasteiger partial charge >= 0.3 is 0 Å². The maximum absolute atomic E-state index is 12.0. The lowest BCUT2D eigenvalue weighted by Crippen LogP contribution is -2.27. The van der Waals surface area contributed by atoms with Crippen LogP contribution in [0.1, 0.15) is 0 Å². The molecule has 0 spiro atoms. The van der Waals surface area contributed by atoms with Gasteiger partial charge in [0.15, 0.2) is 5.03 Å². The molecule has 1 N–H and O–H groups in total. The van der Waals surface area contributed by atoms with Gasteiger partial charge in [-0.15, -0.1) is 0 Å². The Morgan fingerprint density at radius 2 is 2.06 bits per heavy atom. The van der Waals surface area contributed by atoms with Gasteiger partial charge in [-0.2, -0.15) is 13.5 Å². The van der Waals surface area contributed by atoms with E-state index in [0.29, 0.717) is 5.82 Å². The van der Waals surface area contributed by atoms with E-state index in [1.165, 1.54) is 25.5 Å². The number of hydrogen-bond donors (Lipinski definition) is 1. The molecule has 0 unspecified atom stereocenters. The summed E-state index contributed by atoms with van der Waals surface area (Å²) in [6.07, 6.45) is 2.92. The first-order valence-corrected chi connectivity index (χ1v) is 5.96. The van der Waals surface area contributed by atoms with Crippen molar-refractivity contribution in [1.82, 2.24) is 15.2 Å². The van der Waals surface area contributed by atoms with Crippen molar-refractivity contribution in [3.05, 3.63) is 36.7 Å². The van der Waals surface area contributed by atoms with E-state index in [-0.39, 0.29) is 5.03 Å². The fraction of sp³-hybridized carbons (Fsp3) is 0.111. The molecule has 84 valence electrons. The number of aromatic amines is 1. The standard InChI is InChI=1S/C9H10N4O2S/c1-13(8-4-2-3-6-10-8)16(14,15)9-5-7-11-12-9/h2-7H,1H3,(H,11,12). The van der Waals surface area contributed by atoms with Gasteiger partial charge in [-0.25, -0.2) is 4.98 Å². The highest BCUT2D eigenvalue weighted by Crippen LogP contribution is 2.17. The average molecular weight is 238 g/mol. The van der Waals surface area contributed by atoms with Gasteiger partial charge < -0.3 is 0 Å². The number of nitrogens with one attached hydrogen (secondary N) is 1. The first kappa shape index (κ1) is 10.6. The molecule has 2 rings (SSSR count). The van der Waals surface area contributed by atoms with Gasteiger partial charge in [0.2, 0.25) is 0 Å². The quantitative estimate of drug-likeness (QED) is 0.850. The molecule has 0 saturated carbocycles. The van der Waals surface area contributed by atoms with Crippen LogP contribution in [-0.4, -0.2) is 30.6 Å². The first-order chi connectivity index (χ1) is 7.62. The Balaban J connectivity index is 2.40. The number of sulfonamides is 1. The maximum Gasteiger partial charge on any atom is 0.282 e. The van der Waals surface area contributed by atoms with E-state index >= 15 is 0 Å². The summed E-state index contributed by atoms with van der Waals surface area (Å²) in [6, 6.07) is 6.46. The smallest absolute Gasteiger partial charge is 0.266 e. The zero-order valence-corrected chi connectivity index (χ0v) is 9.35. The van der Waals surface area contributed by atoms with Crippen molar-refractivity contribution in [2.45, 2.75) is 5.03 Å². The highest BCUT2D eigenvalue weighted by molar-refractivity contribution is 7.92. The molecule has 0 aromatic carbocycles. The second-order valence-electron chi connectivity index (χ2n) is 3.08. The van der Waals surface area contributed by atoms with Crippen LogP contribution in [-0.2, 0) is 10.0 Å². The number of aromatic nitrogens is 3. The minimum Gasteiger partial charge on any atom is -0.266 e. The number of H-pyrrole nitrogens is 1. The van der Waals surface area contributed by atoms with Gasteiger partial charge in [0.05, 0.1) is 6.20 Å². The summed E-state index contributed by atoms with van der Waals surface area (Å²) in [4.78, 5) is 3.97. The third-order valence-electron chi connectivity index (χ3n) is 2.09. The van der Waals surface area contributed by atoms with E-state index in [0.717, 1.165) is 4.31 Å². The maximum atomic E-state index is 12.0. The molecule has 2 aromatic rings. The zero-order valence-electron chi connectivity index (χ0n) is 8.53. The Labute approximate surface area is 93.0 Å². The Bertz CT molecular complexity index is 550. The van der Waals surface area contributed by atoms with E-state index in [4.69, 9.17) is 0 Å². The van der Waals surface area contributed by atoms with Crippen molar-refractivity contribution in [2.75, 3.05) is 11.4 Å². The zero-order chi connectivity index (χ0) is 11.6. The SMILES string of the molecule is CN(c1ccccn1)S(=O)(=O)c1ccn[nH]1. The number of hydrogen-bond acceptors (Lipinski definition) is 4. The Hall–Kier alpha value is -1.89.